The van der Waals surface area contributed by atoms with Crippen molar-refractivity contribution in [2.75, 3.05) is 31.5 Å². The zero-order chi connectivity index (χ0) is 23.3. The Morgan fingerprint density at radius 3 is 2.12 bits per heavy atom. The second-order valence-corrected chi connectivity index (χ2v) is 8.33. The van der Waals surface area contributed by atoms with Crippen LogP contribution >= 0.6 is 11.6 Å². The number of nitrogens with zero attached hydrogens (tertiary/aromatic N) is 2. The van der Waals surface area contributed by atoms with Gasteiger partial charge in [-0.25, -0.2) is 9.18 Å². The van der Waals surface area contributed by atoms with Gasteiger partial charge in [0, 0.05) is 31.9 Å². The summed E-state index contributed by atoms with van der Waals surface area (Å²) in [5, 5.41) is 5.84. The van der Waals surface area contributed by atoms with Crippen LogP contribution in [0.1, 0.15) is 24.2 Å². The van der Waals surface area contributed by atoms with E-state index in [0.717, 1.165) is 0 Å². The van der Waals surface area contributed by atoms with Gasteiger partial charge in [-0.3, -0.25) is 9.59 Å². The molecule has 2 N–H and O–H groups in total. The summed E-state index contributed by atoms with van der Waals surface area (Å²) in [7, 11) is 0. The molecular formula is C23H26ClFN4O3. The van der Waals surface area contributed by atoms with E-state index in [2.05, 4.69) is 10.6 Å². The molecule has 32 heavy (non-hydrogen) atoms. The average Bonchev–Trinajstić information content (AvgIpc) is 2.78. The number of nitrogens with one attached hydrogen (secondary N) is 2. The number of halogens is 2. The zero-order valence-electron chi connectivity index (χ0n) is 18.0. The highest BCUT2D eigenvalue weighted by molar-refractivity contribution is 6.33. The fourth-order valence-electron chi connectivity index (χ4n) is 3.44. The molecule has 2 aromatic rings. The third-order valence-corrected chi connectivity index (χ3v) is 5.64. The fraction of sp³-hybridized carbons (Fsp3) is 0.348. The van der Waals surface area contributed by atoms with Crippen molar-refractivity contribution >= 4 is 35.1 Å². The van der Waals surface area contributed by atoms with Crippen LogP contribution in [0.3, 0.4) is 0 Å². The number of anilines is 1. The molecule has 1 saturated heterocycles. The molecule has 1 aliphatic heterocycles. The van der Waals surface area contributed by atoms with Crippen molar-refractivity contribution < 1.29 is 18.8 Å². The molecule has 4 amide bonds. The van der Waals surface area contributed by atoms with Gasteiger partial charge >= 0.3 is 6.03 Å². The lowest BCUT2D eigenvalue weighted by molar-refractivity contribution is -0.135. The number of piperazine rings is 1. The maximum Gasteiger partial charge on any atom is 0.321 e. The molecule has 7 nitrogen and oxygen atoms in total. The maximum atomic E-state index is 13.1. The Kier molecular flexibility index (Phi) is 7.69. The Morgan fingerprint density at radius 1 is 0.938 bits per heavy atom. The molecule has 1 atom stereocenters. The molecule has 1 heterocycles. The first-order valence-electron chi connectivity index (χ1n) is 10.4. The molecule has 9 heteroatoms. The first kappa shape index (κ1) is 23.5. The second kappa shape index (κ2) is 10.5. The van der Waals surface area contributed by atoms with Crippen molar-refractivity contribution in [3.8, 4) is 0 Å². The number of hydrogen-bond donors (Lipinski definition) is 2. The van der Waals surface area contributed by atoms with Crippen LogP contribution in [0.15, 0.2) is 48.5 Å². The minimum atomic E-state index is -0.710. The monoisotopic (exact) mass is 460 g/mol. The summed E-state index contributed by atoms with van der Waals surface area (Å²) >= 11 is 6.10. The molecule has 0 spiro atoms. The van der Waals surface area contributed by atoms with Crippen LogP contribution in [0, 0.1) is 11.7 Å². The quantitative estimate of drug-likeness (QED) is 0.715. The predicted molar refractivity (Wildman–Crippen MR) is 121 cm³/mol. The summed E-state index contributed by atoms with van der Waals surface area (Å²) < 4.78 is 13.0. The lowest BCUT2D eigenvalue weighted by Gasteiger charge is -2.37. The van der Waals surface area contributed by atoms with Crippen LogP contribution < -0.4 is 10.6 Å². The number of urea groups is 1. The van der Waals surface area contributed by atoms with Crippen LogP contribution in [0.25, 0.3) is 0 Å². The summed E-state index contributed by atoms with van der Waals surface area (Å²) in [6.07, 6.45) is 0. The van der Waals surface area contributed by atoms with Gasteiger partial charge in [-0.2, -0.15) is 0 Å². The molecule has 0 saturated carbocycles. The maximum absolute atomic E-state index is 13.1. The minimum absolute atomic E-state index is 0.131. The summed E-state index contributed by atoms with van der Waals surface area (Å²) in [5.74, 6) is -1.11. The Balaban J connectivity index is 1.57. The highest BCUT2D eigenvalue weighted by atomic mass is 35.5. The fourth-order valence-corrected chi connectivity index (χ4v) is 3.66. The van der Waals surface area contributed by atoms with E-state index in [4.69, 9.17) is 11.6 Å². The first-order chi connectivity index (χ1) is 15.3. The van der Waals surface area contributed by atoms with Gasteiger partial charge in [0.05, 0.1) is 10.6 Å². The topological polar surface area (TPSA) is 81.8 Å². The van der Waals surface area contributed by atoms with E-state index in [9.17, 15) is 18.8 Å². The summed E-state index contributed by atoms with van der Waals surface area (Å²) in [6, 6.07) is 11.2. The van der Waals surface area contributed by atoms with Gasteiger partial charge in [-0.05, 0) is 42.3 Å². The molecule has 1 unspecified atom stereocenters. The largest absolute Gasteiger partial charge is 0.340 e. The lowest BCUT2D eigenvalue weighted by atomic mass is 10.0. The van der Waals surface area contributed by atoms with Crippen LogP contribution in [-0.2, 0) is 4.79 Å². The first-order valence-corrected chi connectivity index (χ1v) is 10.8. The van der Waals surface area contributed by atoms with Crippen LogP contribution in [-0.4, -0.2) is 59.9 Å². The van der Waals surface area contributed by atoms with Gasteiger partial charge in [0.25, 0.3) is 5.91 Å². The summed E-state index contributed by atoms with van der Waals surface area (Å²) in [6.45, 7) is 5.12. The molecule has 170 valence electrons. The Morgan fingerprint density at radius 2 is 1.53 bits per heavy atom. The molecule has 1 fully saturated rings. The zero-order valence-corrected chi connectivity index (χ0v) is 18.7. The summed E-state index contributed by atoms with van der Waals surface area (Å²) in [4.78, 5) is 41.5. The molecule has 0 aromatic heterocycles. The Labute approximate surface area is 191 Å². The third-order valence-electron chi connectivity index (χ3n) is 5.31. The van der Waals surface area contributed by atoms with E-state index in [1.54, 1.807) is 34.1 Å². The summed E-state index contributed by atoms with van der Waals surface area (Å²) in [5.41, 5.74) is 0.812. The molecule has 0 aliphatic carbocycles. The minimum Gasteiger partial charge on any atom is -0.340 e. The van der Waals surface area contributed by atoms with E-state index in [-0.39, 0.29) is 23.7 Å². The number of hydrogen-bond acceptors (Lipinski definition) is 3. The van der Waals surface area contributed by atoms with E-state index in [1.165, 1.54) is 24.3 Å². The predicted octanol–water partition coefficient (Wildman–Crippen LogP) is 3.61. The highest BCUT2D eigenvalue weighted by Gasteiger charge is 2.32. The van der Waals surface area contributed by atoms with Crippen LogP contribution in [0.5, 0.6) is 0 Å². The van der Waals surface area contributed by atoms with E-state index < -0.39 is 11.9 Å². The van der Waals surface area contributed by atoms with Gasteiger partial charge in [0.15, 0.2) is 0 Å². The number of amides is 4. The lowest BCUT2D eigenvalue weighted by Crippen LogP contribution is -2.57. The van der Waals surface area contributed by atoms with Crippen LogP contribution in [0.2, 0.25) is 5.02 Å². The molecule has 2 aromatic carbocycles. The Bertz CT molecular complexity index is 975. The highest BCUT2D eigenvalue weighted by Crippen LogP contribution is 2.17. The number of benzene rings is 2. The van der Waals surface area contributed by atoms with E-state index >= 15 is 0 Å². The van der Waals surface area contributed by atoms with Crippen molar-refractivity contribution in [2.24, 2.45) is 5.92 Å². The molecule has 1 aliphatic rings. The van der Waals surface area contributed by atoms with Crippen LogP contribution in [0.4, 0.5) is 14.9 Å². The van der Waals surface area contributed by atoms with E-state index in [1.807, 2.05) is 13.8 Å². The smallest absolute Gasteiger partial charge is 0.321 e. The van der Waals surface area contributed by atoms with Gasteiger partial charge in [-0.15, -0.1) is 0 Å². The Hall–Kier alpha value is -3.13. The molecule has 0 radical (unpaired) electrons. The van der Waals surface area contributed by atoms with Crippen molar-refractivity contribution in [1.82, 2.24) is 15.1 Å². The van der Waals surface area contributed by atoms with E-state index in [0.29, 0.717) is 42.5 Å². The van der Waals surface area contributed by atoms with Crippen molar-refractivity contribution in [1.29, 1.82) is 0 Å². The van der Waals surface area contributed by atoms with Crippen molar-refractivity contribution in [3.05, 3.63) is 64.9 Å². The molecule has 3 rings (SSSR count). The third kappa shape index (κ3) is 5.76. The normalized spacial score (nSPS) is 14.8. The number of rotatable bonds is 5. The van der Waals surface area contributed by atoms with Gasteiger partial charge < -0.3 is 20.4 Å². The molecule has 0 bridgehead atoms. The number of carbonyl (C=O) groups is 3. The van der Waals surface area contributed by atoms with Gasteiger partial charge in [0.1, 0.15) is 11.9 Å². The number of carbonyl (C=O) groups excluding carboxylic acids is 3. The second-order valence-electron chi connectivity index (χ2n) is 7.92. The standard InChI is InChI=1S/C23H26ClFN4O3/c1-15(2)20(27-21(30)18-5-3-4-6-19(18)24)22(31)28-11-13-29(14-12-28)23(32)26-17-9-7-16(25)8-10-17/h3-10,15,20H,11-14H2,1-2H3,(H,26,32)(H,27,30). The average molecular weight is 461 g/mol. The van der Waals surface area contributed by atoms with Gasteiger partial charge in [-0.1, -0.05) is 37.6 Å². The van der Waals surface area contributed by atoms with Gasteiger partial charge in [0.2, 0.25) is 5.91 Å². The van der Waals surface area contributed by atoms with Crippen molar-refractivity contribution in [2.45, 2.75) is 19.9 Å². The molecular weight excluding hydrogens is 435 g/mol. The SMILES string of the molecule is CC(C)C(NC(=O)c1ccccc1Cl)C(=O)N1CCN(C(=O)Nc2ccc(F)cc2)CC1. The van der Waals surface area contributed by atoms with Crippen molar-refractivity contribution in [3.63, 3.8) is 0 Å².